The molecule has 0 heterocycles. The minimum Gasteiger partial charge on any atom is -0.489 e. The van der Waals surface area contributed by atoms with Gasteiger partial charge in [-0.25, -0.2) is 4.79 Å². The molecule has 4 aromatic carbocycles. The maximum absolute atomic E-state index is 12.4. The first-order valence-electron chi connectivity index (χ1n) is 12.8. The van der Waals surface area contributed by atoms with Crippen LogP contribution in [0.25, 0.3) is 11.1 Å². The first-order chi connectivity index (χ1) is 18.6. The first-order valence-corrected chi connectivity index (χ1v) is 12.8. The van der Waals surface area contributed by atoms with Crippen LogP contribution >= 0.6 is 0 Å². The zero-order chi connectivity index (χ0) is 26.3. The van der Waals surface area contributed by atoms with Gasteiger partial charge in [-0.2, -0.15) is 0 Å². The molecular formula is C32H31NO5. The lowest BCUT2D eigenvalue weighted by Gasteiger charge is -2.19. The molecule has 1 aliphatic carbocycles. The largest absolute Gasteiger partial charge is 0.489 e. The van der Waals surface area contributed by atoms with Gasteiger partial charge in [-0.15, -0.1) is 0 Å². The van der Waals surface area contributed by atoms with Crippen LogP contribution in [-0.4, -0.2) is 35.6 Å². The number of carbonyl (C=O) groups is 1. The van der Waals surface area contributed by atoms with Crippen LogP contribution in [-0.2, 0) is 11.3 Å². The number of amides is 1. The van der Waals surface area contributed by atoms with E-state index in [1.807, 2.05) is 54.6 Å². The summed E-state index contributed by atoms with van der Waals surface area (Å²) in [7, 11) is 0. The predicted octanol–water partition coefficient (Wildman–Crippen LogP) is 5.59. The summed E-state index contributed by atoms with van der Waals surface area (Å²) >= 11 is 0. The van der Waals surface area contributed by atoms with Gasteiger partial charge in [0.2, 0.25) is 0 Å². The minimum atomic E-state index is -1.08. The van der Waals surface area contributed by atoms with Gasteiger partial charge in [0.1, 0.15) is 25.1 Å². The van der Waals surface area contributed by atoms with Gasteiger partial charge in [0.25, 0.3) is 0 Å². The van der Waals surface area contributed by atoms with Crippen LogP contribution in [0.2, 0.25) is 0 Å². The monoisotopic (exact) mass is 509 g/mol. The second-order valence-corrected chi connectivity index (χ2v) is 9.40. The van der Waals surface area contributed by atoms with E-state index in [0.29, 0.717) is 17.9 Å². The van der Waals surface area contributed by atoms with Gasteiger partial charge < -0.3 is 25.0 Å². The summed E-state index contributed by atoms with van der Waals surface area (Å²) in [6.07, 6.45) is -2.49. The summed E-state index contributed by atoms with van der Waals surface area (Å²) in [6, 6.07) is 33.2. The van der Waals surface area contributed by atoms with Crippen LogP contribution in [0.3, 0.4) is 0 Å². The smallest absolute Gasteiger partial charge is 0.407 e. The van der Waals surface area contributed by atoms with E-state index in [1.165, 1.54) is 11.1 Å². The molecule has 0 aromatic heterocycles. The van der Waals surface area contributed by atoms with E-state index in [4.69, 9.17) is 9.47 Å². The Balaban J connectivity index is 1.06. The fraction of sp³-hybridized carbons (Fsp3) is 0.219. The molecule has 0 aliphatic heterocycles. The van der Waals surface area contributed by atoms with Crippen molar-refractivity contribution in [2.45, 2.75) is 31.2 Å². The number of hydrogen-bond donors (Lipinski definition) is 3. The molecule has 5 rings (SSSR count). The predicted molar refractivity (Wildman–Crippen MR) is 146 cm³/mol. The lowest BCUT2D eigenvalue weighted by molar-refractivity contribution is 0.0136. The number of hydrogen-bond acceptors (Lipinski definition) is 5. The third-order valence-electron chi connectivity index (χ3n) is 6.89. The van der Waals surface area contributed by atoms with E-state index < -0.39 is 18.3 Å². The van der Waals surface area contributed by atoms with Crippen molar-refractivity contribution < 1.29 is 24.5 Å². The van der Waals surface area contributed by atoms with Crippen molar-refractivity contribution >= 4 is 6.09 Å². The van der Waals surface area contributed by atoms with Gasteiger partial charge in [0.05, 0.1) is 6.10 Å². The maximum Gasteiger partial charge on any atom is 0.407 e. The highest BCUT2D eigenvalue weighted by atomic mass is 16.5. The zero-order valence-corrected chi connectivity index (χ0v) is 21.0. The number of aliphatic hydroxyl groups is 2. The molecule has 0 bridgehead atoms. The van der Waals surface area contributed by atoms with Crippen LogP contribution in [0.5, 0.6) is 5.75 Å². The molecule has 194 valence electrons. The average Bonchev–Trinajstić information content (AvgIpc) is 3.29. The maximum atomic E-state index is 12.4. The number of ether oxygens (including phenoxy) is 2. The lowest BCUT2D eigenvalue weighted by atomic mass is 9.98. The molecule has 4 aromatic rings. The van der Waals surface area contributed by atoms with Crippen molar-refractivity contribution in [3.63, 3.8) is 0 Å². The van der Waals surface area contributed by atoms with Gasteiger partial charge in [0.15, 0.2) is 0 Å². The first kappa shape index (κ1) is 25.5. The Kier molecular flexibility index (Phi) is 8.02. The number of fused-ring (bicyclic) bond motifs is 3. The summed E-state index contributed by atoms with van der Waals surface area (Å²) < 4.78 is 11.3. The standard InChI is InChI=1S/C32H31NO5/c34-30(31(35)23-14-16-24(17-15-23)37-20-22-8-2-1-3-9-22)18-19-33-32(36)38-21-29-27-12-6-4-10-25(27)26-11-5-7-13-28(26)29/h1-17,29-31,34-35H,18-21H2,(H,33,36). The van der Waals surface area contributed by atoms with E-state index in [1.54, 1.807) is 24.3 Å². The highest BCUT2D eigenvalue weighted by Crippen LogP contribution is 2.44. The molecule has 0 spiro atoms. The Morgan fingerprint density at radius 2 is 1.39 bits per heavy atom. The van der Waals surface area contributed by atoms with Crippen molar-refractivity contribution in [2.75, 3.05) is 13.2 Å². The van der Waals surface area contributed by atoms with Gasteiger partial charge in [-0.1, -0.05) is 91.0 Å². The quantitative estimate of drug-likeness (QED) is 0.259. The highest BCUT2D eigenvalue weighted by Gasteiger charge is 2.29. The molecule has 6 nitrogen and oxygen atoms in total. The molecular weight excluding hydrogens is 478 g/mol. The number of carbonyl (C=O) groups excluding carboxylic acids is 1. The Morgan fingerprint density at radius 1 is 0.789 bits per heavy atom. The summed E-state index contributed by atoms with van der Waals surface area (Å²) in [6.45, 7) is 0.851. The number of nitrogens with one attached hydrogen (secondary N) is 1. The molecule has 1 aliphatic rings. The Bertz CT molecular complexity index is 1310. The average molecular weight is 510 g/mol. The third kappa shape index (κ3) is 5.88. The Labute approximate surface area is 222 Å². The summed E-state index contributed by atoms with van der Waals surface area (Å²) in [5.41, 5.74) is 6.28. The molecule has 0 fully saturated rings. The molecule has 1 amide bonds. The van der Waals surface area contributed by atoms with E-state index in [-0.39, 0.29) is 25.5 Å². The van der Waals surface area contributed by atoms with Gasteiger partial charge >= 0.3 is 6.09 Å². The Morgan fingerprint density at radius 3 is 2.05 bits per heavy atom. The Hall–Kier alpha value is -4.13. The minimum absolute atomic E-state index is 0.0137. The number of rotatable bonds is 10. The lowest BCUT2D eigenvalue weighted by Crippen LogP contribution is -2.30. The summed E-state index contributed by atoms with van der Waals surface area (Å²) in [5, 5.41) is 23.7. The summed E-state index contributed by atoms with van der Waals surface area (Å²) in [4.78, 5) is 12.4. The van der Waals surface area contributed by atoms with Crippen LogP contribution < -0.4 is 10.1 Å². The SMILES string of the molecule is O=C(NCCC(O)C(O)c1ccc(OCc2ccccc2)cc1)OCC1c2ccccc2-c2ccccc21. The van der Waals surface area contributed by atoms with Crippen molar-refractivity contribution in [2.24, 2.45) is 0 Å². The number of alkyl carbamates (subject to hydrolysis) is 1. The van der Waals surface area contributed by atoms with Crippen molar-refractivity contribution in [3.8, 4) is 16.9 Å². The molecule has 0 saturated heterocycles. The number of aliphatic hydroxyl groups excluding tert-OH is 2. The van der Waals surface area contributed by atoms with Crippen LogP contribution in [0.1, 0.15) is 40.7 Å². The van der Waals surface area contributed by atoms with Crippen molar-refractivity contribution in [1.82, 2.24) is 5.32 Å². The van der Waals surface area contributed by atoms with E-state index in [2.05, 4.69) is 29.6 Å². The molecule has 38 heavy (non-hydrogen) atoms. The second-order valence-electron chi connectivity index (χ2n) is 9.40. The second kappa shape index (κ2) is 11.9. The number of benzene rings is 4. The van der Waals surface area contributed by atoms with E-state index >= 15 is 0 Å². The molecule has 0 radical (unpaired) electrons. The third-order valence-corrected chi connectivity index (χ3v) is 6.89. The normalized spacial score (nSPS) is 13.7. The van der Waals surface area contributed by atoms with Crippen molar-refractivity contribution in [1.29, 1.82) is 0 Å². The molecule has 2 unspecified atom stereocenters. The molecule has 6 heteroatoms. The van der Waals surface area contributed by atoms with Gasteiger partial charge in [-0.3, -0.25) is 0 Å². The molecule has 0 saturated carbocycles. The molecule has 2 atom stereocenters. The zero-order valence-electron chi connectivity index (χ0n) is 21.0. The fourth-order valence-electron chi connectivity index (χ4n) is 4.85. The van der Waals surface area contributed by atoms with Crippen LogP contribution in [0, 0.1) is 0 Å². The highest BCUT2D eigenvalue weighted by molar-refractivity contribution is 5.79. The topological polar surface area (TPSA) is 88.0 Å². The van der Waals surface area contributed by atoms with Crippen LogP contribution in [0.4, 0.5) is 4.79 Å². The van der Waals surface area contributed by atoms with Gasteiger partial charge in [-0.05, 0) is 51.9 Å². The fourth-order valence-corrected chi connectivity index (χ4v) is 4.85. The molecule has 3 N–H and O–H groups in total. The van der Waals surface area contributed by atoms with Crippen LogP contribution in [0.15, 0.2) is 103 Å². The van der Waals surface area contributed by atoms with Gasteiger partial charge in [0, 0.05) is 12.5 Å². The summed E-state index contributed by atoms with van der Waals surface area (Å²) in [5.74, 6) is 0.663. The van der Waals surface area contributed by atoms with Crippen molar-refractivity contribution in [3.05, 3.63) is 125 Å². The van der Waals surface area contributed by atoms with E-state index in [0.717, 1.165) is 16.7 Å². The van der Waals surface area contributed by atoms with E-state index in [9.17, 15) is 15.0 Å².